The van der Waals surface area contributed by atoms with Gasteiger partial charge in [-0.1, -0.05) is 60.7 Å². The lowest BCUT2D eigenvalue weighted by Gasteiger charge is -2.15. The third-order valence-electron chi connectivity index (χ3n) is 6.45. The van der Waals surface area contributed by atoms with E-state index < -0.39 is 11.9 Å². The first-order valence-corrected chi connectivity index (χ1v) is 12.9. The highest BCUT2D eigenvalue weighted by atomic mass is 16.5. The highest BCUT2D eigenvalue weighted by molar-refractivity contribution is 5.94. The second-order valence-electron chi connectivity index (χ2n) is 9.07. The van der Waals surface area contributed by atoms with Crippen molar-refractivity contribution in [1.82, 2.24) is 14.0 Å². The predicted molar refractivity (Wildman–Crippen MR) is 151 cm³/mol. The molecule has 1 amide bonds. The maximum absolute atomic E-state index is 13.4. The number of rotatable bonds is 8. The Hall–Kier alpha value is -4.89. The lowest BCUT2D eigenvalue weighted by molar-refractivity contribution is -0.117. The van der Waals surface area contributed by atoms with Gasteiger partial charge >= 0.3 is 5.97 Å². The molecule has 0 bridgehead atoms. The Morgan fingerprint density at radius 2 is 1.68 bits per heavy atom. The van der Waals surface area contributed by atoms with Crippen LogP contribution >= 0.6 is 0 Å². The molecule has 0 saturated heterocycles. The van der Waals surface area contributed by atoms with E-state index in [9.17, 15) is 14.4 Å². The molecule has 0 N–H and O–H groups in total. The minimum absolute atomic E-state index is 0.00742. The van der Waals surface area contributed by atoms with Crippen molar-refractivity contribution in [2.24, 2.45) is 4.99 Å². The van der Waals surface area contributed by atoms with Crippen LogP contribution in [0, 0.1) is 0 Å². The minimum atomic E-state index is -0.688. The fourth-order valence-corrected chi connectivity index (χ4v) is 4.53. The largest absolute Gasteiger partial charge is 0.462 e. The standard InChI is InChI=1S/C31H28N4O5/c1-3-40-31(38)25-20-24-28(32-26-11-7-8-16-34(26)30(24)37)35(17-18-39-2)29(25)33-27(36)19-21-12-14-23(15-13-21)22-9-5-4-6-10-22/h4-16,20H,3,17-19H2,1-2H3. The van der Waals surface area contributed by atoms with Gasteiger partial charge in [-0.25, -0.2) is 9.78 Å². The van der Waals surface area contributed by atoms with Gasteiger partial charge < -0.3 is 14.0 Å². The van der Waals surface area contributed by atoms with Gasteiger partial charge in [-0.15, -0.1) is 0 Å². The summed E-state index contributed by atoms with van der Waals surface area (Å²) in [5.74, 6) is -1.15. The van der Waals surface area contributed by atoms with Crippen LogP contribution in [0.5, 0.6) is 0 Å². The van der Waals surface area contributed by atoms with Crippen LogP contribution < -0.4 is 11.0 Å². The van der Waals surface area contributed by atoms with Crippen LogP contribution in [0.1, 0.15) is 22.8 Å². The summed E-state index contributed by atoms with van der Waals surface area (Å²) in [5, 5.41) is 0.200. The number of ether oxygens (including phenoxy) is 2. The van der Waals surface area contributed by atoms with Gasteiger partial charge in [-0.3, -0.25) is 14.0 Å². The molecule has 0 fully saturated rings. The Labute approximate surface area is 230 Å². The highest BCUT2D eigenvalue weighted by Crippen LogP contribution is 2.19. The molecule has 0 atom stereocenters. The van der Waals surface area contributed by atoms with E-state index in [1.54, 1.807) is 35.9 Å². The van der Waals surface area contributed by atoms with Crippen molar-refractivity contribution in [1.29, 1.82) is 0 Å². The van der Waals surface area contributed by atoms with Crippen LogP contribution in [0.4, 0.5) is 0 Å². The van der Waals surface area contributed by atoms with E-state index in [1.807, 2.05) is 54.6 Å². The van der Waals surface area contributed by atoms with Crippen LogP contribution in [0.15, 0.2) is 94.8 Å². The SMILES string of the molecule is CCOC(=O)c1cc2c(=O)n3ccccc3nc2n(CCOC)c1=NC(=O)Cc1ccc(-c2ccccc2)cc1. The highest BCUT2D eigenvalue weighted by Gasteiger charge is 2.20. The first-order chi connectivity index (χ1) is 19.5. The summed E-state index contributed by atoms with van der Waals surface area (Å²) >= 11 is 0. The van der Waals surface area contributed by atoms with Crippen molar-refractivity contribution in [3.63, 3.8) is 0 Å². The van der Waals surface area contributed by atoms with Crippen molar-refractivity contribution in [2.45, 2.75) is 19.9 Å². The average molecular weight is 537 g/mol. The van der Waals surface area contributed by atoms with Crippen molar-refractivity contribution in [2.75, 3.05) is 20.3 Å². The fourth-order valence-electron chi connectivity index (χ4n) is 4.53. The van der Waals surface area contributed by atoms with E-state index in [2.05, 4.69) is 9.98 Å². The zero-order valence-electron chi connectivity index (χ0n) is 22.2. The Morgan fingerprint density at radius 3 is 2.40 bits per heavy atom. The lowest BCUT2D eigenvalue weighted by Crippen LogP contribution is -2.33. The number of carbonyl (C=O) groups excluding carboxylic acids is 2. The van der Waals surface area contributed by atoms with Crippen LogP contribution in [0.25, 0.3) is 27.8 Å². The van der Waals surface area contributed by atoms with Gasteiger partial charge in [0.2, 0.25) is 0 Å². The summed E-state index contributed by atoms with van der Waals surface area (Å²) in [4.78, 5) is 48.7. The molecule has 0 radical (unpaired) electrons. The number of methoxy groups -OCH3 is 1. The second-order valence-corrected chi connectivity index (χ2v) is 9.07. The van der Waals surface area contributed by atoms with Gasteiger partial charge in [-0.05, 0) is 41.8 Å². The molecule has 0 aliphatic carbocycles. The molecule has 3 heterocycles. The number of hydrogen-bond acceptors (Lipinski definition) is 6. The van der Waals surface area contributed by atoms with E-state index in [4.69, 9.17) is 9.47 Å². The minimum Gasteiger partial charge on any atom is -0.462 e. The average Bonchev–Trinajstić information content (AvgIpc) is 2.97. The Bertz CT molecular complexity index is 1820. The van der Waals surface area contributed by atoms with E-state index >= 15 is 0 Å². The van der Waals surface area contributed by atoms with E-state index in [0.717, 1.165) is 16.7 Å². The number of amides is 1. The van der Waals surface area contributed by atoms with Gasteiger partial charge in [-0.2, -0.15) is 4.99 Å². The third-order valence-corrected chi connectivity index (χ3v) is 6.45. The Kier molecular flexibility index (Phi) is 7.93. The molecule has 5 aromatic rings. The summed E-state index contributed by atoms with van der Waals surface area (Å²) in [5.41, 5.74) is 3.33. The van der Waals surface area contributed by atoms with Crippen LogP contribution in [0.2, 0.25) is 0 Å². The number of fused-ring (bicyclic) bond motifs is 2. The van der Waals surface area contributed by atoms with Crippen molar-refractivity contribution >= 4 is 28.6 Å². The normalized spacial score (nSPS) is 11.7. The number of nitrogens with zero attached hydrogens (tertiary/aromatic N) is 4. The van der Waals surface area contributed by atoms with Crippen LogP contribution in [-0.4, -0.2) is 46.2 Å². The summed E-state index contributed by atoms with van der Waals surface area (Å²) in [6.07, 6.45) is 1.63. The number of aromatic nitrogens is 3. The molecular weight excluding hydrogens is 508 g/mol. The van der Waals surface area contributed by atoms with Crippen molar-refractivity contribution < 1.29 is 19.1 Å². The number of esters is 1. The van der Waals surface area contributed by atoms with Gasteiger partial charge in [0.15, 0.2) is 5.49 Å². The quantitative estimate of drug-likeness (QED) is 0.221. The maximum atomic E-state index is 13.4. The fraction of sp³-hybridized carbons (Fsp3) is 0.194. The van der Waals surface area contributed by atoms with E-state index in [0.29, 0.717) is 11.3 Å². The predicted octanol–water partition coefficient (Wildman–Crippen LogP) is 3.81. The smallest absolute Gasteiger partial charge is 0.341 e. The Balaban J connectivity index is 1.64. The molecule has 0 saturated carbocycles. The lowest BCUT2D eigenvalue weighted by atomic mass is 10.0. The number of pyridine rings is 2. The first kappa shape index (κ1) is 26.7. The molecule has 3 aromatic heterocycles. The monoisotopic (exact) mass is 536 g/mol. The molecule has 202 valence electrons. The van der Waals surface area contributed by atoms with E-state index in [-0.39, 0.29) is 48.2 Å². The van der Waals surface area contributed by atoms with Gasteiger partial charge in [0.25, 0.3) is 11.5 Å². The molecule has 9 heteroatoms. The molecular formula is C31H28N4O5. The summed E-state index contributed by atoms with van der Waals surface area (Å²) in [7, 11) is 1.54. The number of hydrogen-bond donors (Lipinski definition) is 0. The number of carbonyl (C=O) groups is 2. The number of benzene rings is 2. The summed E-state index contributed by atoms with van der Waals surface area (Å²) in [6.45, 7) is 2.24. The van der Waals surface area contributed by atoms with Gasteiger partial charge in [0, 0.05) is 19.9 Å². The van der Waals surface area contributed by atoms with Gasteiger partial charge in [0.05, 0.1) is 25.0 Å². The molecule has 0 unspecified atom stereocenters. The van der Waals surface area contributed by atoms with E-state index in [1.165, 1.54) is 17.6 Å². The van der Waals surface area contributed by atoms with Crippen molar-refractivity contribution in [3.05, 3.63) is 112 Å². The van der Waals surface area contributed by atoms with Gasteiger partial charge in [0.1, 0.15) is 16.9 Å². The first-order valence-electron chi connectivity index (χ1n) is 12.9. The Morgan fingerprint density at radius 1 is 0.950 bits per heavy atom. The molecule has 9 nitrogen and oxygen atoms in total. The molecule has 0 aliphatic heterocycles. The molecule has 0 spiro atoms. The molecule has 5 rings (SSSR count). The van der Waals surface area contributed by atoms with Crippen LogP contribution in [-0.2, 0) is 27.2 Å². The second kappa shape index (κ2) is 11.9. The zero-order valence-corrected chi connectivity index (χ0v) is 22.2. The third kappa shape index (κ3) is 5.45. The topological polar surface area (TPSA) is 104 Å². The summed E-state index contributed by atoms with van der Waals surface area (Å²) < 4.78 is 13.5. The summed E-state index contributed by atoms with van der Waals surface area (Å²) in [6, 6.07) is 24.3. The van der Waals surface area contributed by atoms with Crippen molar-refractivity contribution in [3.8, 4) is 11.1 Å². The molecule has 40 heavy (non-hydrogen) atoms. The molecule has 2 aromatic carbocycles. The molecule has 0 aliphatic rings. The zero-order chi connectivity index (χ0) is 28.1. The van der Waals surface area contributed by atoms with Crippen LogP contribution in [0.3, 0.4) is 0 Å². The maximum Gasteiger partial charge on any atom is 0.341 e.